The van der Waals surface area contributed by atoms with Crippen LogP contribution in [0.2, 0.25) is 0 Å². The molecule has 12 aromatic rings. The zero-order chi connectivity index (χ0) is 53.1. The van der Waals surface area contributed by atoms with Crippen molar-refractivity contribution in [2.45, 2.75) is 105 Å². The van der Waals surface area contributed by atoms with Crippen molar-refractivity contribution in [1.82, 2.24) is 4.57 Å². The highest BCUT2D eigenvalue weighted by Gasteiger charge is 2.25. The number of benzene rings is 11. The molecule has 0 fully saturated rings. The summed E-state index contributed by atoms with van der Waals surface area (Å²) in [5.41, 5.74) is 19.8. The molecule has 0 saturated carbocycles. The Morgan fingerprint density at radius 1 is 0.289 bits per heavy atom. The van der Waals surface area contributed by atoms with Crippen molar-refractivity contribution < 1.29 is 0 Å². The summed E-state index contributed by atoms with van der Waals surface area (Å²) in [7, 11) is 0. The Morgan fingerprint density at radius 3 is 1.22 bits per heavy atom. The third-order valence-electron chi connectivity index (χ3n) is 16.1. The molecule has 0 aliphatic rings. The highest BCUT2D eigenvalue weighted by atomic mass is 15.1. The number of hydrogen-bond donors (Lipinski definition) is 0. The minimum absolute atomic E-state index is 0.00201. The fraction of sp³-hybridized carbons (Fsp3) is 0.216. The van der Waals surface area contributed by atoms with Gasteiger partial charge in [0, 0.05) is 32.9 Å². The lowest BCUT2D eigenvalue weighted by molar-refractivity contribution is 0.568. The topological polar surface area (TPSA) is 8.17 Å². The number of aromatic nitrogens is 1. The standard InChI is InChI=1S/C74H70N2/c1-71(2,3)55-40-53(41-56(45-55)72(4,5)6)49-26-24-47(25-27-49)48-28-34-59(35-29-48)75(60-19-17-18-52(44-60)54-42-57(73(7,8)9)46-58(43-54)74(10,11)12)67-38-32-50-31-37-64-68(39-33-51-30-36-63(67)69(50)70(51)64)76-65-22-15-13-20-61(65)62-21-14-16-23-66(62)76/h13-46H,1-12H3. The van der Waals surface area contributed by atoms with Crippen molar-refractivity contribution in [2.24, 2.45) is 0 Å². The van der Waals surface area contributed by atoms with Gasteiger partial charge < -0.3 is 9.47 Å². The number of nitrogens with zero attached hydrogens (tertiary/aromatic N) is 2. The molecular formula is C74H70N2. The van der Waals surface area contributed by atoms with E-state index < -0.39 is 0 Å². The second-order valence-electron chi connectivity index (χ2n) is 25.6. The van der Waals surface area contributed by atoms with Crippen molar-refractivity contribution in [2.75, 3.05) is 4.90 Å². The van der Waals surface area contributed by atoms with Crippen LogP contribution in [-0.2, 0) is 21.7 Å². The second kappa shape index (κ2) is 17.8. The highest BCUT2D eigenvalue weighted by Crippen LogP contribution is 2.47. The van der Waals surface area contributed by atoms with Crippen molar-refractivity contribution in [3.8, 4) is 39.1 Å². The van der Waals surface area contributed by atoms with Crippen LogP contribution in [0.5, 0.6) is 0 Å². The maximum atomic E-state index is 2.49. The van der Waals surface area contributed by atoms with E-state index in [2.05, 4.69) is 299 Å². The molecule has 76 heavy (non-hydrogen) atoms. The quantitative estimate of drug-likeness (QED) is 0.145. The maximum Gasteiger partial charge on any atom is 0.0541 e. The molecule has 0 saturated heterocycles. The molecule has 0 unspecified atom stereocenters. The van der Waals surface area contributed by atoms with E-state index in [1.165, 1.54) is 115 Å². The molecule has 2 heteroatoms. The smallest absolute Gasteiger partial charge is 0.0541 e. The lowest BCUT2D eigenvalue weighted by Gasteiger charge is -2.29. The van der Waals surface area contributed by atoms with Crippen molar-refractivity contribution in [1.29, 1.82) is 0 Å². The first-order valence-electron chi connectivity index (χ1n) is 27.3. The highest BCUT2D eigenvalue weighted by molar-refractivity contribution is 6.27. The Balaban J connectivity index is 1.02. The minimum atomic E-state index is -0.00201. The van der Waals surface area contributed by atoms with E-state index in [4.69, 9.17) is 0 Å². The Hall–Kier alpha value is -7.94. The van der Waals surface area contributed by atoms with E-state index in [-0.39, 0.29) is 21.7 Å². The fourth-order valence-corrected chi connectivity index (χ4v) is 11.6. The average Bonchev–Trinajstić information content (AvgIpc) is 3.91. The van der Waals surface area contributed by atoms with Gasteiger partial charge >= 0.3 is 0 Å². The molecule has 12 rings (SSSR count). The van der Waals surface area contributed by atoms with Gasteiger partial charge in [-0.25, -0.2) is 0 Å². The number of hydrogen-bond acceptors (Lipinski definition) is 1. The van der Waals surface area contributed by atoms with E-state index >= 15 is 0 Å². The summed E-state index contributed by atoms with van der Waals surface area (Å²) in [6, 6.07) is 78.4. The van der Waals surface area contributed by atoms with Gasteiger partial charge in [0.1, 0.15) is 0 Å². The van der Waals surface area contributed by atoms with Gasteiger partial charge in [-0.05, 0) is 147 Å². The second-order valence-corrected chi connectivity index (χ2v) is 25.6. The zero-order valence-electron chi connectivity index (χ0n) is 46.5. The van der Waals surface area contributed by atoms with Crippen LogP contribution in [0.1, 0.15) is 105 Å². The average molecular weight is 987 g/mol. The monoisotopic (exact) mass is 987 g/mol. The number of anilines is 3. The van der Waals surface area contributed by atoms with Gasteiger partial charge in [0.05, 0.1) is 22.4 Å². The molecule has 1 heterocycles. The summed E-state index contributed by atoms with van der Waals surface area (Å²) in [6.45, 7) is 27.8. The molecular weight excluding hydrogens is 917 g/mol. The molecule has 0 aliphatic carbocycles. The van der Waals surface area contributed by atoms with Gasteiger partial charge in [-0.1, -0.05) is 241 Å². The van der Waals surface area contributed by atoms with Gasteiger partial charge in [-0.3, -0.25) is 0 Å². The van der Waals surface area contributed by atoms with Crippen LogP contribution in [0, 0.1) is 0 Å². The Labute approximate surface area is 450 Å². The predicted octanol–water partition coefficient (Wildman–Crippen LogP) is 21.3. The predicted molar refractivity (Wildman–Crippen MR) is 330 cm³/mol. The van der Waals surface area contributed by atoms with E-state index in [0.717, 1.165) is 17.1 Å². The van der Waals surface area contributed by atoms with Crippen molar-refractivity contribution >= 4 is 71.2 Å². The SMILES string of the molecule is CC(C)(C)c1cc(-c2ccc(-c3ccc(N(c4cccc(-c5cc(C(C)(C)C)cc(C(C)(C)C)c5)c4)c4ccc5ccc6c(-n7c8ccccc8c8ccccc87)ccc7ccc4c5c76)cc3)cc2)cc(C(C)(C)C)c1. The molecule has 0 bridgehead atoms. The van der Waals surface area contributed by atoms with Crippen LogP contribution in [0.3, 0.4) is 0 Å². The number of rotatable bonds is 7. The fourth-order valence-electron chi connectivity index (χ4n) is 11.6. The zero-order valence-corrected chi connectivity index (χ0v) is 46.5. The van der Waals surface area contributed by atoms with E-state index in [9.17, 15) is 0 Å². The van der Waals surface area contributed by atoms with E-state index in [1.54, 1.807) is 0 Å². The molecule has 0 spiro atoms. The van der Waals surface area contributed by atoms with Crippen LogP contribution >= 0.6 is 0 Å². The summed E-state index contributed by atoms with van der Waals surface area (Å²) >= 11 is 0. The van der Waals surface area contributed by atoms with Gasteiger partial charge in [0.2, 0.25) is 0 Å². The Morgan fingerprint density at radius 2 is 0.711 bits per heavy atom. The van der Waals surface area contributed by atoms with Crippen LogP contribution in [0.4, 0.5) is 17.1 Å². The maximum absolute atomic E-state index is 2.49. The molecule has 1 aromatic heterocycles. The third-order valence-corrected chi connectivity index (χ3v) is 16.1. The molecule has 11 aromatic carbocycles. The van der Waals surface area contributed by atoms with Crippen LogP contribution < -0.4 is 4.90 Å². The molecule has 0 amide bonds. The summed E-state index contributed by atoms with van der Waals surface area (Å²) < 4.78 is 2.47. The number of para-hydroxylation sites is 2. The first-order valence-corrected chi connectivity index (χ1v) is 27.3. The van der Waals surface area contributed by atoms with Gasteiger partial charge in [0.25, 0.3) is 0 Å². The van der Waals surface area contributed by atoms with Gasteiger partial charge in [0.15, 0.2) is 0 Å². The van der Waals surface area contributed by atoms with E-state index in [0.29, 0.717) is 0 Å². The molecule has 0 atom stereocenters. The van der Waals surface area contributed by atoms with Gasteiger partial charge in [-0.15, -0.1) is 0 Å². The molecule has 376 valence electrons. The van der Waals surface area contributed by atoms with Crippen LogP contribution in [-0.4, -0.2) is 4.57 Å². The lowest BCUT2D eigenvalue weighted by Crippen LogP contribution is -2.16. The largest absolute Gasteiger partial charge is 0.310 e. The molecule has 0 radical (unpaired) electrons. The molecule has 2 nitrogen and oxygen atoms in total. The normalized spacial score (nSPS) is 12.7. The molecule has 0 aliphatic heterocycles. The van der Waals surface area contributed by atoms with Crippen molar-refractivity contribution in [3.05, 3.63) is 229 Å². The first kappa shape index (κ1) is 49.0. The molecule has 0 N–H and O–H groups in total. The minimum Gasteiger partial charge on any atom is -0.310 e. The van der Waals surface area contributed by atoms with Crippen LogP contribution in [0.15, 0.2) is 206 Å². The third kappa shape index (κ3) is 8.62. The number of fused-ring (bicyclic) bond motifs is 3. The Kier molecular flexibility index (Phi) is 11.5. The first-order chi connectivity index (χ1) is 36.2. The van der Waals surface area contributed by atoms with Crippen LogP contribution in [0.25, 0.3) is 93.2 Å². The van der Waals surface area contributed by atoms with Gasteiger partial charge in [-0.2, -0.15) is 0 Å². The Bertz CT molecular complexity index is 4060. The van der Waals surface area contributed by atoms with E-state index in [1.807, 2.05) is 0 Å². The summed E-state index contributed by atoms with van der Waals surface area (Å²) in [5.74, 6) is 0. The van der Waals surface area contributed by atoms with Crippen molar-refractivity contribution in [3.63, 3.8) is 0 Å². The lowest BCUT2D eigenvalue weighted by atomic mass is 9.79. The summed E-state index contributed by atoms with van der Waals surface area (Å²) in [6.07, 6.45) is 0. The summed E-state index contributed by atoms with van der Waals surface area (Å²) in [5, 5.41) is 10.0. The summed E-state index contributed by atoms with van der Waals surface area (Å²) in [4.78, 5) is 2.49.